The predicted octanol–water partition coefficient (Wildman–Crippen LogP) is -1.47. The quantitative estimate of drug-likeness (QED) is 0.501. The van der Waals surface area contributed by atoms with Gasteiger partial charge in [0, 0.05) is 0 Å². The van der Waals surface area contributed by atoms with Crippen molar-refractivity contribution in [1.82, 2.24) is 4.90 Å². The van der Waals surface area contributed by atoms with Gasteiger partial charge in [-0.1, -0.05) is 0 Å². The molecule has 6 heteroatoms. The fraction of sp³-hybridized carbons (Fsp3) is 0.417. The third-order valence-electron chi connectivity index (χ3n) is 2.60. The van der Waals surface area contributed by atoms with Crippen molar-refractivity contribution in [3.05, 3.63) is 27.8 Å². The number of ether oxygens (including phenoxy) is 2. The Morgan fingerprint density at radius 3 is 2.94 bits per heavy atom. The van der Waals surface area contributed by atoms with Gasteiger partial charge >= 0.3 is 127 Å². The van der Waals surface area contributed by atoms with Gasteiger partial charge < -0.3 is 0 Å². The molecule has 18 heavy (non-hydrogen) atoms. The second kappa shape index (κ2) is 7.49. The molecule has 1 aromatic carbocycles. The number of halogens is 2. The van der Waals surface area contributed by atoms with Crippen LogP contribution in [0.4, 0.5) is 0 Å². The van der Waals surface area contributed by atoms with Crippen LogP contribution < -0.4 is 22.0 Å². The van der Waals surface area contributed by atoms with E-state index in [9.17, 15) is 4.79 Å². The van der Waals surface area contributed by atoms with Gasteiger partial charge in [0.1, 0.15) is 0 Å². The molecule has 0 aromatic heterocycles. The summed E-state index contributed by atoms with van der Waals surface area (Å²) in [6.07, 6.45) is 0. The van der Waals surface area contributed by atoms with Crippen molar-refractivity contribution in [2.75, 3.05) is 32.9 Å². The number of benzene rings is 1. The van der Waals surface area contributed by atoms with Crippen LogP contribution >= 0.6 is 18.6 Å². The number of amides is 1. The Bertz CT molecular complexity index is 408. The van der Waals surface area contributed by atoms with Crippen molar-refractivity contribution in [3.63, 3.8) is 0 Å². The summed E-state index contributed by atoms with van der Waals surface area (Å²) < 4.78 is 12.1. The predicted molar refractivity (Wildman–Crippen MR) is 72.1 cm³/mol. The number of hydrogen-bond donors (Lipinski definition) is 0. The van der Waals surface area contributed by atoms with Crippen LogP contribution in [-0.2, 0) is 9.53 Å². The van der Waals surface area contributed by atoms with Crippen LogP contribution in [0.25, 0.3) is 0 Å². The second-order valence-corrected chi connectivity index (χ2v) is 8.20. The molecule has 4 nitrogen and oxygen atoms in total. The number of carbonyl (C=O) groups is 1. The molecule has 1 aliphatic rings. The number of carbonyl (C=O) groups excluding carboxylic acids is 1. The molecular weight excluding hydrogens is 460 g/mol. The first kappa shape index (κ1) is 14.3. The van der Waals surface area contributed by atoms with Crippen LogP contribution in [-0.4, -0.2) is 43.7 Å². The van der Waals surface area contributed by atoms with Crippen molar-refractivity contribution >= 4 is 24.5 Å². The molecular formula is C12H14I2NO3-. The first-order chi connectivity index (χ1) is 8.79. The van der Waals surface area contributed by atoms with E-state index in [-0.39, 0.29) is 29.7 Å². The van der Waals surface area contributed by atoms with Gasteiger partial charge in [-0.05, 0) is 0 Å². The minimum absolute atomic E-state index is 0.0306. The van der Waals surface area contributed by atoms with Crippen molar-refractivity contribution in [1.29, 1.82) is 0 Å². The molecule has 1 fully saturated rings. The molecule has 0 spiro atoms. The zero-order valence-electron chi connectivity index (χ0n) is 9.77. The molecule has 2 rings (SSSR count). The number of rotatable bonds is 4. The van der Waals surface area contributed by atoms with E-state index in [1.54, 1.807) is 4.90 Å². The molecule has 1 aliphatic heterocycles. The van der Waals surface area contributed by atoms with Crippen LogP contribution in [0, 0.1) is 3.57 Å². The molecule has 0 bridgehead atoms. The van der Waals surface area contributed by atoms with Crippen molar-refractivity contribution in [3.8, 4) is 5.75 Å². The van der Waals surface area contributed by atoms with E-state index in [1.807, 2.05) is 18.2 Å². The Kier molecular flexibility index (Phi) is 5.96. The number of morpholine rings is 1. The zero-order valence-corrected chi connectivity index (χ0v) is 14.1. The molecule has 100 valence electrons. The molecule has 0 saturated carbocycles. The molecule has 0 radical (unpaired) electrons. The summed E-state index contributed by atoms with van der Waals surface area (Å²) in [6, 6.07) is 7.98. The molecule has 0 atom stereocenters. The molecule has 0 N–H and O–H groups in total. The molecule has 1 amide bonds. The molecule has 0 aliphatic carbocycles. The summed E-state index contributed by atoms with van der Waals surface area (Å²) in [5.41, 5.74) is 0. The third-order valence-corrected chi connectivity index (χ3v) is 6.90. The standard InChI is InChI=1S/C12H14I2NO3/c13-14-10-2-1-3-11(8-10)18-9-12(16)15-4-6-17-7-5-15/h1-3,8H,4-7,9H2/q-1. The zero-order chi connectivity index (χ0) is 12.8. The van der Waals surface area contributed by atoms with Crippen molar-refractivity contribution < 1.29 is 31.5 Å². The number of hydrogen-bond acceptors (Lipinski definition) is 3. The third kappa shape index (κ3) is 4.23. The van der Waals surface area contributed by atoms with Gasteiger partial charge in [0.15, 0.2) is 0 Å². The summed E-state index contributed by atoms with van der Waals surface area (Å²) >= 11 is 2.44. The first-order valence-electron chi connectivity index (χ1n) is 5.64. The van der Waals surface area contributed by atoms with E-state index in [1.165, 1.54) is 3.57 Å². The SMILES string of the molecule is O=C(COc1cccc([I-]I)c1)N1CCOCC1. The van der Waals surface area contributed by atoms with Crippen LogP contribution in [0.1, 0.15) is 0 Å². The first-order valence-corrected chi connectivity index (χ1v) is 13.0. The van der Waals surface area contributed by atoms with E-state index in [0.717, 1.165) is 5.75 Å². The fourth-order valence-corrected chi connectivity index (χ4v) is 4.12. The van der Waals surface area contributed by atoms with Gasteiger partial charge in [-0.3, -0.25) is 0 Å². The van der Waals surface area contributed by atoms with E-state index < -0.39 is 0 Å². The maximum absolute atomic E-state index is 11.9. The Labute approximate surface area is 126 Å². The normalized spacial score (nSPS) is 15.7. The topological polar surface area (TPSA) is 38.8 Å². The van der Waals surface area contributed by atoms with E-state index in [0.29, 0.717) is 26.3 Å². The molecule has 1 saturated heterocycles. The Hall–Kier alpha value is -0.0900. The molecule has 1 heterocycles. The summed E-state index contributed by atoms with van der Waals surface area (Å²) in [4.78, 5) is 13.7. The van der Waals surface area contributed by atoms with E-state index in [4.69, 9.17) is 9.47 Å². The Morgan fingerprint density at radius 2 is 2.22 bits per heavy atom. The van der Waals surface area contributed by atoms with Crippen molar-refractivity contribution in [2.24, 2.45) is 0 Å². The maximum atomic E-state index is 11.9. The Balaban J connectivity index is 1.84. The Morgan fingerprint density at radius 1 is 1.44 bits per heavy atom. The van der Waals surface area contributed by atoms with Gasteiger partial charge in [-0.2, -0.15) is 0 Å². The average Bonchev–Trinajstić information content (AvgIpc) is 2.46. The van der Waals surface area contributed by atoms with Gasteiger partial charge in [0.05, 0.1) is 0 Å². The molecule has 1 aromatic rings. The minimum atomic E-state index is 0.0306. The summed E-state index contributed by atoms with van der Waals surface area (Å²) in [5.74, 6) is 0.818. The van der Waals surface area contributed by atoms with Crippen LogP contribution in [0.3, 0.4) is 0 Å². The average molecular weight is 474 g/mol. The summed E-state index contributed by atoms with van der Waals surface area (Å²) in [6.45, 7) is 2.70. The van der Waals surface area contributed by atoms with Crippen LogP contribution in [0.5, 0.6) is 5.75 Å². The van der Waals surface area contributed by atoms with Gasteiger partial charge in [-0.25, -0.2) is 0 Å². The molecule has 0 unspecified atom stereocenters. The van der Waals surface area contributed by atoms with Crippen LogP contribution in [0.15, 0.2) is 24.3 Å². The number of nitrogens with zero attached hydrogens (tertiary/aromatic N) is 1. The monoisotopic (exact) mass is 474 g/mol. The van der Waals surface area contributed by atoms with Crippen LogP contribution in [0.2, 0.25) is 0 Å². The second-order valence-electron chi connectivity index (χ2n) is 3.81. The fourth-order valence-electron chi connectivity index (χ4n) is 1.65. The van der Waals surface area contributed by atoms with E-state index >= 15 is 0 Å². The summed E-state index contributed by atoms with van der Waals surface area (Å²) in [7, 11) is 0. The van der Waals surface area contributed by atoms with E-state index in [2.05, 4.69) is 24.7 Å². The summed E-state index contributed by atoms with van der Waals surface area (Å²) in [5, 5.41) is 0. The van der Waals surface area contributed by atoms with Gasteiger partial charge in [0.25, 0.3) is 0 Å². The van der Waals surface area contributed by atoms with Gasteiger partial charge in [-0.15, -0.1) is 0 Å². The van der Waals surface area contributed by atoms with Crippen molar-refractivity contribution in [2.45, 2.75) is 0 Å². The van der Waals surface area contributed by atoms with Gasteiger partial charge in [0.2, 0.25) is 0 Å².